The van der Waals surface area contributed by atoms with Crippen LogP contribution in [0.25, 0.3) is 0 Å². The Bertz CT molecular complexity index is 2750. The summed E-state index contributed by atoms with van der Waals surface area (Å²) >= 11 is 0. The van der Waals surface area contributed by atoms with Crippen LogP contribution in [0.15, 0.2) is 219 Å². The van der Waals surface area contributed by atoms with Crippen LogP contribution in [0.5, 0.6) is 0 Å². The van der Waals surface area contributed by atoms with Crippen LogP contribution in [0, 0.1) is 0 Å². The van der Waals surface area contributed by atoms with E-state index in [4.69, 9.17) is 4.98 Å². The Labute approximate surface area is 414 Å². The lowest BCUT2D eigenvalue weighted by molar-refractivity contribution is -0.140. The third-order valence-corrected chi connectivity index (χ3v) is 13.2. The van der Waals surface area contributed by atoms with E-state index in [1.165, 1.54) is 0 Å². The van der Waals surface area contributed by atoms with Gasteiger partial charge < -0.3 is 24.2 Å². The first kappa shape index (κ1) is 47.6. The standard InChI is InChI=1S/C59H56N8O4/c1-65(2)51-33-49(37-62-54(56(68)69)35-52-39-60-41-66(52)58(43-21-9-3-10-22-43,44-23-11-4-12-24-44)45-25-13-5-14-26-45)64-50(34-51)38-63-55(57(70)71)36-53-40-61-42-67(53)59(46-27-15-6-16-28-46,47-29-17-7-18-30-47)48-31-19-8-20-32-48/h3-34,39-42,54-55,62-63H,35-38H2,1-2H3,(H,68,69)(H,70,71)/t54-,55-/m0/s1. The molecule has 2 atom stereocenters. The number of aromatic nitrogens is 5. The first-order valence-electron chi connectivity index (χ1n) is 23.7. The Kier molecular flexibility index (Phi) is 14.4. The van der Waals surface area contributed by atoms with Crippen LogP contribution in [0.3, 0.4) is 0 Å². The topological polar surface area (TPSA) is 150 Å². The highest BCUT2D eigenvalue weighted by molar-refractivity contribution is 5.74. The molecule has 12 nitrogen and oxygen atoms in total. The van der Waals surface area contributed by atoms with Crippen molar-refractivity contribution in [1.29, 1.82) is 0 Å². The van der Waals surface area contributed by atoms with Gasteiger partial charge in [-0.1, -0.05) is 182 Å². The summed E-state index contributed by atoms with van der Waals surface area (Å²) in [7, 11) is 3.84. The number of pyridine rings is 1. The number of anilines is 1. The van der Waals surface area contributed by atoms with Crippen LogP contribution < -0.4 is 15.5 Å². The number of benzene rings is 6. The minimum atomic E-state index is -1.02. The number of hydrogen-bond donors (Lipinski definition) is 4. The summed E-state index contributed by atoms with van der Waals surface area (Å²) < 4.78 is 4.19. The van der Waals surface area contributed by atoms with Gasteiger partial charge in [0.2, 0.25) is 0 Å². The Hall–Kier alpha value is -8.45. The lowest BCUT2D eigenvalue weighted by atomic mass is 9.76. The zero-order chi connectivity index (χ0) is 49.2. The monoisotopic (exact) mass is 940 g/mol. The molecule has 0 bridgehead atoms. The van der Waals surface area contributed by atoms with Crippen LogP contribution in [-0.2, 0) is 46.6 Å². The molecule has 0 saturated heterocycles. The van der Waals surface area contributed by atoms with Crippen LogP contribution in [0.4, 0.5) is 5.69 Å². The summed E-state index contributed by atoms with van der Waals surface area (Å²) in [5, 5.41) is 28.1. The molecule has 6 aromatic carbocycles. The molecule has 356 valence electrons. The summed E-state index contributed by atoms with van der Waals surface area (Å²) in [6, 6.07) is 63.0. The lowest BCUT2D eigenvalue weighted by Crippen LogP contribution is -2.42. The zero-order valence-electron chi connectivity index (χ0n) is 39.7. The van der Waals surface area contributed by atoms with Crippen LogP contribution in [0.2, 0.25) is 0 Å². The number of carbonyl (C=O) groups is 2. The molecule has 12 heteroatoms. The van der Waals surface area contributed by atoms with E-state index >= 15 is 0 Å². The Morgan fingerprint density at radius 3 is 1.03 bits per heavy atom. The van der Waals surface area contributed by atoms with Crippen molar-refractivity contribution >= 4 is 17.6 Å². The van der Waals surface area contributed by atoms with Crippen LogP contribution >= 0.6 is 0 Å². The fourth-order valence-electron chi connectivity index (χ4n) is 9.90. The first-order valence-corrected chi connectivity index (χ1v) is 23.7. The molecule has 0 aliphatic rings. The molecule has 3 aromatic heterocycles. The van der Waals surface area contributed by atoms with Gasteiger partial charge in [-0.3, -0.25) is 25.2 Å². The van der Waals surface area contributed by atoms with E-state index in [2.05, 4.69) is 103 Å². The number of rotatable bonds is 21. The third-order valence-electron chi connectivity index (χ3n) is 13.2. The van der Waals surface area contributed by atoms with Gasteiger partial charge in [-0.15, -0.1) is 0 Å². The van der Waals surface area contributed by atoms with Crippen molar-refractivity contribution < 1.29 is 19.8 Å². The second-order valence-corrected chi connectivity index (χ2v) is 17.8. The number of aliphatic carboxylic acids is 2. The Morgan fingerprint density at radius 1 is 0.493 bits per heavy atom. The molecule has 0 saturated carbocycles. The quantitative estimate of drug-likeness (QED) is 0.0515. The maximum Gasteiger partial charge on any atom is 0.321 e. The molecule has 3 heterocycles. The molecular formula is C59H56N8O4. The highest BCUT2D eigenvalue weighted by Gasteiger charge is 2.41. The maximum absolute atomic E-state index is 13.2. The van der Waals surface area contributed by atoms with E-state index in [9.17, 15) is 19.8 Å². The fraction of sp³-hybridized carbons (Fsp3) is 0.169. The third kappa shape index (κ3) is 9.76. The van der Waals surface area contributed by atoms with Crippen molar-refractivity contribution in [3.8, 4) is 0 Å². The van der Waals surface area contributed by atoms with Gasteiger partial charge in [0, 0.05) is 69.5 Å². The Morgan fingerprint density at radius 2 is 0.775 bits per heavy atom. The predicted molar refractivity (Wildman–Crippen MR) is 276 cm³/mol. The number of hydrogen-bond acceptors (Lipinski definition) is 8. The van der Waals surface area contributed by atoms with E-state index in [0.717, 1.165) is 50.5 Å². The maximum atomic E-state index is 13.2. The summed E-state index contributed by atoms with van der Waals surface area (Å²) in [5.41, 5.74) is 7.72. The fourth-order valence-corrected chi connectivity index (χ4v) is 9.90. The minimum Gasteiger partial charge on any atom is -0.480 e. The number of nitrogens with one attached hydrogen (secondary N) is 2. The van der Waals surface area contributed by atoms with Gasteiger partial charge in [0.15, 0.2) is 0 Å². The largest absolute Gasteiger partial charge is 0.480 e. The first-order chi connectivity index (χ1) is 34.7. The molecule has 9 rings (SSSR count). The summed E-state index contributed by atoms with van der Waals surface area (Å²) in [4.78, 5) is 42.5. The van der Waals surface area contributed by atoms with Crippen molar-refractivity contribution in [3.05, 3.63) is 275 Å². The van der Waals surface area contributed by atoms with E-state index in [-0.39, 0.29) is 25.9 Å². The molecule has 0 aliphatic carbocycles. The van der Waals surface area contributed by atoms with Gasteiger partial charge in [-0.05, 0) is 45.5 Å². The predicted octanol–water partition coefficient (Wildman–Crippen LogP) is 8.79. The van der Waals surface area contributed by atoms with E-state index < -0.39 is 35.1 Å². The molecular weight excluding hydrogens is 885 g/mol. The van der Waals surface area contributed by atoms with E-state index in [1.54, 1.807) is 25.0 Å². The van der Waals surface area contributed by atoms with Gasteiger partial charge in [-0.25, -0.2) is 9.97 Å². The zero-order valence-corrected chi connectivity index (χ0v) is 39.7. The summed E-state index contributed by atoms with van der Waals surface area (Å²) in [6.07, 6.45) is 7.28. The Balaban J connectivity index is 0.983. The molecule has 0 unspecified atom stereocenters. The lowest BCUT2D eigenvalue weighted by Gasteiger charge is -2.39. The van der Waals surface area contributed by atoms with Gasteiger partial charge in [0.25, 0.3) is 0 Å². The average molecular weight is 941 g/mol. The molecule has 4 N–H and O–H groups in total. The molecule has 71 heavy (non-hydrogen) atoms. The van der Waals surface area contributed by atoms with Gasteiger partial charge in [-0.2, -0.15) is 0 Å². The molecule has 0 spiro atoms. The van der Waals surface area contributed by atoms with Crippen molar-refractivity contribution in [2.75, 3.05) is 19.0 Å². The van der Waals surface area contributed by atoms with Crippen molar-refractivity contribution in [3.63, 3.8) is 0 Å². The van der Waals surface area contributed by atoms with Crippen LogP contribution in [-0.4, -0.2) is 72.4 Å². The van der Waals surface area contributed by atoms with E-state index in [1.807, 2.05) is 140 Å². The second kappa shape index (κ2) is 21.5. The summed E-state index contributed by atoms with van der Waals surface area (Å²) in [5.74, 6) is -2.04. The van der Waals surface area contributed by atoms with Gasteiger partial charge >= 0.3 is 11.9 Å². The molecule has 0 aliphatic heterocycles. The van der Waals surface area contributed by atoms with E-state index in [0.29, 0.717) is 11.4 Å². The van der Waals surface area contributed by atoms with Crippen molar-refractivity contribution in [2.45, 2.75) is 49.1 Å². The summed E-state index contributed by atoms with van der Waals surface area (Å²) in [6.45, 7) is 0.256. The van der Waals surface area contributed by atoms with Crippen molar-refractivity contribution in [2.24, 2.45) is 0 Å². The molecule has 0 radical (unpaired) electrons. The number of carboxylic acids is 2. The number of imidazole rings is 2. The molecule has 9 aromatic rings. The van der Waals surface area contributed by atoms with Gasteiger partial charge in [0.1, 0.15) is 23.2 Å². The SMILES string of the molecule is CN(C)c1cc(CN[C@@H](Cc2cncn2C(c2ccccc2)(c2ccccc2)c2ccccc2)C(=O)O)nc(CN[C@@H](Cc2cncn2C(c2ccccc2)(c2ccccc2)c2ccccc2)C(=O)O)c1. The smallest absolute Gasteiger partial charge is 0.321 e. The molecule has 0 amide bonds. The minimum absolute atomic E-state index is 0.113. The average Bonchev–Trinajstić information content (AvgIpc) is 4.09. The number of nitrogens with zero attached hydrogens (tertiary/aromatic N) is 6. The van der Waals surface area contributed by atoms with Crippen LogP contribution in [0.1, 0.15) is 56.2 Å². The van der Waals surface area contributed by atoms with Gasteiger partial charge in [0.05, 0.1) is 24.0 Å². The normalized spacial score (nSPS) is 12.5. The number of carboxylic acid groups (broad SMARTS) is 2. The second-order valence-electron chi connectivity index (χ2n) is 17.8. The highest BCUT2D eigenvalue weighted by Crippen LogP contribution is 2.43. The highest BCUT2D eigenvalue weighted by atomic mass is 16.4. The van der Waals surface area contributed by atoms with Crippen molar-refractivity contribution in [1.82, 2.24) is 34.7 Å². The molecule has 0 fully saturated rings.